The average molecular weight is 204 g/mol. The number of ether oxygens (including phenoxy) is 1. The molecule has 1 N–H and O–H groups in total. The number of rotatable bonds is 3. The number of furan rings is 1. The lowest BCUT2D eigenvalue weighted by Crippen LogP contribution is -1.82. The first-order valence-corrected chi connectivity index (χ1v) is 4.72. The maximum atomic E-state index is 8.81. The summed E-state index contributed by atoms with van der Waals surface area (Å²) < 4.78 is 10.7. The average Bonchev–Trinajstić information content (AvgIpc) is 2.65. The Balaban J connectivity index is 2.14. The first-order chi connectivity index (χ1) is 7.28. The predicted molar refractivity (Wildman–Crippen MR) is 55.9 cm³/mol. The fourth-order valence-electron chi connectivity index (χ4n) is 1.29. The van der Waals surface area contributed by atoms with Crippen molar-refractivity contribution in [3.05, 3.63) is 47.7 Å². The maximum absolute atomic E-state index is 8.81. The smallest absolute Gasteiger partial charge is 0.290 e. The van der Waals surface area contributed by atoms with E-state index in [4.69, 9.17) is 14.3 Å². The van der Waals surface area contributed by atoms with Crippen molar-refractivity contribution in [3.63, 3.8) is 0 Å². The van der Waals surface area contributed by atoms with Gasteiger partial charge in [-0.25, -0.2) is 0 Å². The molecule has 0 saturated heterocycles. The Kier molecular flexibility index (Phi) is 2.74. The Morgan fingerprint density at radius 2 is 2.13 bits per heavy atom. The fourth-order valence-corrected chi connectivity index (χ4v) is 1.29. The summed E-state index contributed by atoms with van der Waals surface area (Å²) in [6.45, 7) is 1.88. The molecule has 0 spiro atoms. The Bertz CT molecular complexity index is 446. The molecule has 0 aliphatic carbocycles. The SMILES string of the molecule is Cc1cccc(Oc2ccc(CO)o2)c1. The Labute approximate surface area is 87.9 Å². The number of aryl methyl sites for hydroxylation is 1. The molecular formula is C12H12O3. The monoisotopic (exact) mass is 204 g/mol. The van der Waals surface area contributed by atoms with Crippen LogP contribution >= 0.6 is 0 Å². The molecule has 0 amide bonds. The second kappa shape index (κ2) is 4.19. The molecule has 2 aromatic rings. The van der Waals surface area contributed by atoms with Crippen molar-refractivity contribution in [3.8, 4) is 11.7 Å². The lowest BCUT2D eigenvalue weighted by molar-refractivity contribution is 0.231. The quantitative estimate of drug-likeness (QED) is 0.835. The van der Waals surface area contributed by atoms with Crippen LogP contribution in [0.2, 0.25) is 0 Å². The zero-order chi connectivity index (χ0) is 10.7. The van der Waals surface area contributed by atoms with Gasteiger partial charge in [-0.15, -0.1) is 0 Å². The number of aliphatic hydroxyl groups is 1. The minimum atomic E-state index is -0.114. The van der Waals surface area contributed by atoms with E-state index < -0.39 is 0 Å². The molecule has 0 bridgehead atoms. The van der Waals surface area contributed by atoms with E-state index in [9.17, 15) is 0 Å². The van der Waals surface area contributed by atoms with E-state index in [2.05, 4.69) is 0 Å². The highest BCUT2D eigenvalue weighted by Gasteiger charge is 2.03. The van der Waals surface area contributed by atoms with Gasteiger partial charge in [0.15, 0.2) is 0 Å². The lowest BCUT2D eigenvalue weighted by Gasteiger charge is -2.02. The highest BCUT2D eigenvalue weighted by molar-refractivity contribution is 5.30. The van der Waals surface area contributed by atoms with Crippen molar-refractivity contribution < 1.29 is 14.3 Å². The van der Waals surface area contributed by atoms with E-state index in [-0.39, 0.29) is 6.61 Å². The van der Waals surface area contributed by atoms with Crippen molar-refractivity contribution in [1.29, 1.82) is 0 Å². The summed E-state index contributed by atoms with van der Waals surface area (Å²) in [5, 5.41) is 8.81. The number of benzene rings is 1. The summed E-state index contributed by atoms with van der Waals surface area (Å²) in [5.74, 6) is 1.62. The predicted octanol–water partition coefficient (Wildman–Crippen LogP) is 2.87. The minimum absolute atomic E-state index is 0.114. The fraction of sp³-hybridized carbons (Fsp3) is 0.167. The van der Waals surface area contributed by atoms with Crippen LogP contribution in [0.3, 0.4) is 0 Å². The molecule has 1 aromatic carbocycles. The molecule has 3 nitrogen and oxygen atoms in total. The molecule has 2 rings (SSSR count). The molecule has 0 saturated carbocycles. The number of aliphatic hydroxyl groups excluding tert-OH is 1. The summed E-state index contributed by atoms with van der Waals surface area (Å²) >= 11 is 0. The molecule has 15 heavy (non-hydrogen) atoms. The summed E-state index contributed by atoms with van der Waals surface area (Å²) in [6.07, 6.45) is 0. The van der Waals surface area contributed by atoms with E-state index in [0.717, 1.165) is 11.3 Å². The van der Waals surface area contributed by atoms with Gasteiger partial charge in [0, 0.05) is 6.07 Å². The van der Waals surface area contributed by atoms with Crippen molar-refractivity contribution in [2.45, 2.75) is 13.5 Å². The second-order valence-electron chi connectivity index (χ2n) is 3.30. The molecular weight excluding hydrogens is 192 g/mol. The standard InChI is InChI=1S/C12H12O3/c1-9-3-2-4-10(7-9)14-12-6-5-11(8-13)15-12/h2-7,13H,8H2,1H3. The van der Waals surface area contributed by atoms with Crippen LogP contribution in [0.1, 0.15) is 11.3 Å². The van der Waals surface area contributed by atoms with Gasteiger partial charge in [0.1, 0.15) is 18.1 Å². The molecule has 0 radical (unpaired) electrons. The number of hydrogen-bond donors (Lipinski definition) is 1. The lowest BCUT2D eigenvalue weighted by atomic mass is 10.2. The molecule has 0 atom stereocenters. The van der Waals surface area contributed by atoms with Crippen LogP contribution in [-0.4, -0.2) is 5.11 Å². The van der Waals surface area contributed by atoms with Crippen molar-refractivity contribution in [1.82, 2.24) is 0 Å². The summed E-state index contributed by atoms with van der Waals surface area (Å²) in [6, 6.07) is 11.1. The van der Waals surface area contributed by atoms with Crippen LogP contribution in [0.25, 0.3) is 0 Å². The van der Waals surface area contributed by atoms with Crippen LogP contribution in [0, 0.1) is 6.92 Å². The highest BCUT2D eigenvalue weighted by Crippen LogP contribution is 2.24. The van der Waals surface area contributed by atoms with Gasteiger partial charge in [-0.1, -0.05) is 12.1 Å². The molecule has 1 aromatic heterocycles. The van der Waals surface area contributed by atoms with Gasteiger partial charge in [0.25, 0.3) is 5.95 Å². The molecule has 1 heterocycles. The van der Waals surface area contributed by atoms with Gasteiger partial charge in [-0.2, -0.15) is 0 Å². The van der Waals surface area contributed by atoms with Gasteiger partial charge in [0.2, 0.25) is 0 Å². The third-order valence-corrected chi connectivity index (χ3v) is 2.00. The second-order valence-corrected chi connectivity index (χ2v) is 3.30. The molecule has 0 unspecified atom stereocenters. The van der Waals surface area contributed by atoms with E-state index in [1.54, 1.807) is 12.1 Å². The Morgan fingerprint density at radius 3 is 2.80 bits per heavy atom. The summed E-state index contributed by atoms with van der Waals surface area (Å²) in [4.78, 5) is 0. The van der Waals surface area contributed by atoms with Crippen LogP contribution in [0.4, 0.5) is 0 Å². The maximum Gasteiger partial charge on any atom is 0.290 e. The molecule has 3 heteroatoms. The number of hydrogen-bond acceptors (Lipinski definition) is 3. The molecule has 0 aliphatic heterocycles. The van der Waals surface area contributed by atoms with E-state index in [1.807, 2.05) is 31.2 Å². The first-order valence-electron chi connectivity index (χ1n) is 4.72. The van der Waals surface area contributed by atoms with E-state index in [0.29, 0.717) is 11.7 Å². The summed E-state index contributed by atoms with van der Waals surface area (Å²) in [7, 11) is 0. The highest BCUT2D eigenvalue weighted by atomic mass is 16.6. The Hall–Kier alpha value is -1.74. The molecule has 0 aliphatic rings. The van der Waals surface area contributed by atoms with Crippen molar-refractivity contribution >= 4 is 0 Å². The van der Waals surface area contributed by atoms with Crippen LogP contribution < -0.4 is 4.74 Å². The largest absolute Gasteiger partial charge is 0.428 e. The third kappa shape index (κ3) is 2.39. The van der Waals surface area contributed by atoms with Crippen LogP contribution in [0.5, 0.6) is 11.7 Å². The van der Waals surface area contributed by atoms with Gasteiger partial charge >= 0.3 is 0 Å². The minimum Gasteiger partial charge on any atom is -0.428 e. The van der Waals surface area contributed by atoms with Crippen molar-refractivity contribution in [2.24, 2.45) is 0 Å². The summed E-state index contributed by atoms with van der Waals surface area (Å²) in [5.41, 5.74) is 1.13. The Morgan fingerprint density at radius 1 is 1.27 bits per heavy atom. The van der Waals surface area contributed by atoms with Gasteiger partial charge in [0.05, 0.1) is 0 Å². The zero-order valence-electron chi connectivity index (χ0n) is 8.43. The normalized spacial score (nSPS) is 10.3. The molecule has 0 fully saturated rings. The zero-order valence-corrected chi connectivity index (χ0v) is 8.43. The van der Waals surface area contributed by atoms with Gasteiger partial charge in [-0.3, -0.25) is 0 Å². The van der Waals surface area contributed by atoms with Crippen molar-refractivity contribution in [2.75, 3.05) is 0 Å². The van der Waals surface area contributed by atoms with Gasteiger partial charge in [-0.05, 0) is 30.7 Å². The molecule has 78 valence electrons. The van der Waals surface area contributed by atoms with E-state index in [1.165, 1.54) is 0 Å². The first kappa shape index (κ1) is 9.80. The van der Waals surface area contributed by atoms with Crippen LogP contribution in [0.15, 0.2) is 40.8 Å². The third-order valence-electron chi connectivity index (χ3n) is 2.00. The topological polar surface area (TPSA) is 42.6 Å². The van der Waals surface area contributed by atoms with Gasteiger partial charge < -0.3 is 14.3 Å². The van der Waals surface area contributed by atoms with E-state index >= 15 is 0 Å². The van der Waals surface area contributed by atoms with Crippen LogP contribution in [-0.2, 0) is 6.61 Å².